The third kappa shape index (κ3) is 3.35. The van der Waals surface area contributed by atoms with Gasteiger partial charge in [-0.2, -0.15) is 23.1 Å². The van der Waals surface area contributed by atoms with Crippen molar-refractivity contribution in [1.82, 2.24) is 9.80 Å². The maximum Gasteiger partial charge on any atom is 0.256 e. The van der Waals surface area contributed by atoms with Gasteiger partial charge in [-0.05, 0) is 46.3 Å². The Labute approximate surface area is 165 Å². The molecule has 140 valence electrons. The molecular formula is C19H19N3O3S2. The summed E-state index contributed by atoms with van der Waals surface area (Å²) in [5, 5.41) is 6.89. The first kappa shape index (κ1) is 18.1. The Morgan fingerprint density at radius 1 is 1.26 bits per heavy atom. The lowest BCUT2D eigenvalue weighted by molar-refractivity contribution is -0.133. The zero-order valence-electron chi connectivity index (χ0n) is 14.8. The molecule has 2 aliphatic heterocycles. The predicted molar refractivity (Wildman–Crippen MR) is 108 cm³/mol. The second-order valence-electron chi connectivity index (χ2n) is 6.55. The SMILES string of the molecule is CSCC(=O)N1CCN2C(=O)c3cc(-c4ccsc4)ccc3NC(=O)[C@H]2C1. The van der Waals surface area contributed by atoms with Crippen molar-refractivity contribution in [2.24, 2.45) is 0 Å². The van der Waals surface area contributed by atoms with E-state index in [-0.39, 0.29) is 24.3 Å². The molecule has 3 heterocycles. The Bertz CT molecular complexity index is 898. The fraction of sp³-hybridized carbons (Fsp3) is 0.316. The van der Waals surface area contributed by atoms with E-state index < -0.39 is 6.04 Å². The maximum absolute atomic E-state index is 13.2. The number of nitrogens with one attached hydrogen (secondary N) is 1. The fourth-order valence-electron chi connectivity index (χ4n) is 3.50. The smallest absolute Gasteiger partial charge is 0.256 e. The van der Waals surface area contributed by atoms with E-state index in [1.165, 1.54) is 11.8 Å². The normalized spacial score (nSPS) is 19.2. The van der Waals surface area contributed by atoms with Crippen LogP contribution < -0.4 is 5.32 Å². The predicted octanol–water partition coefficient (Wildman–Crippen LogP) is 2.38. The third-order valence-corrected chi connectivity index (χ3v) is 6.15. The number of rotatable bonds is 3. The number of carbonyl (C=O) groups excluding carboxylic acids is 3. The van der Waals surface area contributed by atoms with Gasteiger partial charge in [0.15, 0.2) is 0 Å². The third-order valence-electron chi connectivity index (χ3n) is 4.93. The zero-order chi connectivity index (χ0) is 19.0. The van der Waals surface area contributed by atoms with Gasteiger partial charge < -0.3 is 15.1 Å². The van der Waals surface area contributed by atoms with Gasteiger partial charge in [0.1, 0.15) is 6.04 Å². The van der Waals surface area contributed by atoms with Gasteiger partial charge in [0, 0.05) is 13.1 Å². The van der Waals surface area contributed by atoms with E-state index in [2.05, 4.69) is 5.32 Å². The maximum atomic E-state index is 13.2. The van der Waals surface area contributed by atoms with Gasteiger partial charge in [-0.15, -0.1) is 0 Å². The molecule has 2 aromatic rings. The topological polar surface area (TPSA) is 69.7 Å². The lowest BCUT2D eigenvalue weighted by Crippen LogP contribution is -2.59. The highest BCUT2D eigenvalue weighted by molar-refractivity contribution is 7.99. The summed E-state index contributed by atoms with van der Waals surface area (Å²) in [7, 11) is 0. The van der Waals surface area contributed by atoms with Crippen molar-refractivity contribution in [3.63, 3.8) is 0 Å². The Morgan fingerprint density at radius 2 is 2.11 bits per heavy atom. The van der Waals surface area contributed by atoms with Crippen molar-refractivity contribution in [3.05, 3.63) is 40.6 Å². The van der Waals surface area contributed by atoms with Crippen molar-refractivity contribution in [1.29, 1.82) is 0 Å². The molecular weight excluding hydrogens is 382 g/mol. The monoisotopic (exact) mass is 401 g/mol. The summed E-state index contributed by atoms with van der Waals surface area (Å²) in [5.41, 5.74) is 3.03. The summed E-state index contributed by atoms with van der Waals surface area (Å²) < 4.78 is 0. The number of amides is 3. The van der Waals surface area contributed by atoms with Crippen LogP contribution in [-0.2, 0) is 9.59 Å². The van der Waals surface area contributed by atoms with Crippen LogP contribution in [0.2, 0.25) is 0 Å². The molecule has 1 N–H and O–H groups in total. The molecule has 0 unspecified atom stereocenters. The largest absolute Gasteiger partial charge is 0.338 e. The van der Waals surface area contributed by atoms with E-state index >= 15 is 0 Å². The molecule has 27 heavy (non-hydrogen) atoms. The molecule has 0 aliphatic carbocycles. The highest BCUT2D eigenvalue weighted by Gasteiger charge is 2.40. The number of hydrogen-bond acceptors (Lipinski definition) is 5. The lowest BCUT2D eigenvalue weighted by Gasteiger charge is -2.39. The van der Waals surface area contributed by atoms with E-state index in [9.17, 15) is 14.4 Å². The van der Waals surface area contributed by atoms with Crippen LogP contribution in [0.5, 0.6) is 0 Å². The standard InChI is InChI=1S/C19H19N3O3S2/c1-26-11-17(23)21-5-6-22-16(9-21)18(24)20-15-3-2-12(8-14(15)19(22)25)13-4-7-27-10-13/h2-4,7-8,10,16H,5-6,9,11H2,1H3,(H,20,24)/t16-/m1/s1. The van der Waals surface area contributed by atoms with Crippen molar-refractivity contribution in [3.8, 4) is 11.1 Å². The van der Waals surface area contributed by atoms with Crippen LogP contribution in [0, 0.1) is 0 Å². The minimum atomic E-state index is -0.658. The summed E-state index contributed by atoms with van der Waals surface area (Å²) in [6.45, 7) is 1.05. The molecule has 8 heteroatoms. The molecule has 1 saturated heterocycles. The fourth-order valence-corrected chi connectivity index (χ4v) is 4.60. The van der Waals surface area contributed by atoms with Crippen molar-refractivity contribution in [2.45, 2.75) is 6.04 Å². The second-order valence-corrected chi connectivity index (χ2v) is 8.19. The molecule has 1 aromatic carbocycles. The van der Waals surface area contributed by atoms with Crippen LogP contribution in [0.1, 0.15) is 10.4 Å². The van der Waals surface area contributed by atoms with Crippen LogP contribution in [0.25, 0.3) is 11.1 Å². The number of anilines is 1. The molecule has 0 spiro atoms. The molecule has 0 radical (unpaired) electrons. The number of fused-ring (bicyclic) bond motifs is 2. The van der Waals surface area contributed by atoms with Crippen LogP contribution in [0.3, 0.4) is 0 Å². The van der Waals surface area contributed by atoms with Gasteiger partial charge >= 0.3 is 0 Å². The second kappa shape index (κ2) is 7.36. The van der Waals surface area contributed by atoms with E-state index in [0.717, 1.165) is 11.1 Å². The molecule has 3 amide bonds. The summed E-state index contributed by atoms with van der Waals surface area (Å²) in [6, 6.07) is 6.88. The van der Waals surface area contributed by atoms with Gasteiger partial charge in [-0.3, -0.25) is 14.4 Å². The average molecular weight is 402 g/mol. The van der Waals surface area contributed by atoms with Gasteiger partial charge in [-0.25, -0.2) is 0 Å². The van der Waals surface area contributed by atoms with Crippen molar-refractivity contribution >= 4 is 46.5 Å². The van der Waals surface area contributed by atoms with Crippen molar-refractivity contribution < 1.29 is 14.4 Å². The Hall–Kier alpha value is -2.32. The Morgan fingerprint density at radius 3 is 2.85 bits per heavy atom. The molecule has 6 nitrogen and oxygen atoms in total. The van der Waals surface area contributed by atoms with E-state index in [1.54, 1.807) is 27.2 Å². The number of piperazine rings is 1. The number of carbonyl (C=O) groups is 3. The highest BCUT2D eigenvalue weighted by Crippen LogP contribution is 2.31. The average Bonchev–Trinajstić information content (AvgIpc) is 3.19. The first-order chi connectivity index (χ1) is 13.1. The van der Waals surface area contributed by atoms with Gasteiger partial charge in [0.25, 0.3) is 5.91 Å². The van der Waals surface area contributed by atoms with Crippen LogP contribution in [0.15, 0.2) is 35.0 Å². The molecule has 1 fully saturated rings. The summed E-state index contributed by atoms with van der Waals surface area (Å²) in [5.74, 6) is -0.0229. The molecule has 0 saturated carbocycles. The molecule has 0 bridgehead atoms. The van der Waals surface area contributed by atoms with Gasteiger partial charge in [0.2, 0.25) is 11.8 Å². The summed E-state index contributed by atoms with van der Waals surface area (Å²) in [4.78, 5) is 41.4. The lowest BCUT2D eigenvalue weighted by atomic mass is 10.0. The number of benzene rings is 1. The van der Waals surface area contributed by atoms with Crippen molar-refractivity contribution in [2.75, 3.05) is 37.0 Å². The number of thioether (sulfide) groups is 1. The molecule has 1 aromatic heterocycles. The van der Waals surface area contributed by atoms with Crippen LogP contribution in [0.4, 0.5) is 5.69 Å². The Kier molecular flexibility index (Phi) is 4.92. The number of nitrogens with zero attached hydrogens (tertiary/aromatic N) is 2. The highest BCUT2D eigenvalue weighted by atomic mass is 32.2. The Balaban J connectivity index is 1.64. The number of thiophene rings is 1. The minimum absolute atomic E-state index is 0.00361. The number of hydrogen-bond donors (Lipinski definition) is 1. The van der Waals surface area contributed by atoms with Gasteiger partial charge in [-0.1, -0.05) is 6.07 Å². The first-order valence-electron chi connectivity index (χ1n) is 8.63. The molecule has 2 aliphatic rings. The molecule has 1 atom stereocenters. The van der Waals surface area contributed by atoms with E-state index in [0.29, 0.717) is 30.1 Å². The van der Waals surface area contributed by atoms with Gasteiger partial charge in [0.05, 0.1) is 23.5 Å². The first-order valence-corrected chi connectivity index (χ1v) is 11.0. The summed E-state index contributed by atoms with van der Waals surface area (Å²) >= 11 is 3.05. The van der Waals surface area contributed by atoms with E-state index in [1.807, 2.05) is 35.2 Å². The van der Waals surface area contributed by atoms with Crippen LogP contribution >= 0.6 is 23.1 Å². The quantitative estimate of drug-likeness (QED) is 0.857. The molecule has 4 rings (SSSR count). The zero-order valence-corrected chi connectivity index (χ0v) is 16.4. The van der Waals surface area contributed by atoms with Crippen LogP contribution in [-0.4, -0.2) is 65.2 Å². The summed E-state index contributed by atoms with van der Waals surface area (Å²) in [6.07, 6.45) is 1.87. The van der Waals surface area contributed by atoms with E-state index in [4.69, 9.17) is 0 Å². The minimum Gasteiger partial charge on any atom is -0.338 e.